The number of hydrogen-bond acceptors (Lipinski definition) is 6. The molecular weight excluding hydrogens is 416 g/mol. The highest BCUT2D eigenvalue weighted by Gasteiger charge is 2.31. The largest absolute Gasteiger partial charge is 0.373 e. The highest BCUT2D eigenvalue weighted by molar-refractivity contribution is 5.84. The smallest absolute Gasteiger partial charge is 0.251 e. The third kappa shape index (κ3) is 3.99. The molecule has 8 heteroatoms. The molecule has 0 spiro atoms. The van der Waals surface area contributed by atoms with Crippen LogP contribution in [0.2, 0.25) is 0 Å². The summed E-state index contributed by atoms with van der Waals surface area (Å²) in [5.41, 5.74) is 3.87. The second-order valence-corrected chi connectivity index (χ2v) is 9.19. The number of likely N-dealkylation sites (N-methyl/N-ethyl adjacent to an activating group) is 1. The molecule has 0 bridgehead atoms. The molecular formula is C25H30N6O2. The van der Waals surface area contributed by atoms with Gasteiger partial charge in [-0.3, -0.25) is 14.2 Å². The van der Waals surface area contributed by atoms with Gasteiger partial charge in [0.15, 0.2) is 0 Å². The van der Waals surface area contributed by atoms with Gasteiger partial charge >= 0.3 is 0 Å². The number of para-hydroxylation sites is 1. The van der Waals surface area contributed by atoms with Crippen molar-refractivity contribution in [1.29, 1.82) is 0 Å². The third-order valence-corrected chi connectivity index (χ3v) is 6.94. The Kier molecular flexibility index (Phi) is 5.62. The number of benzene rings is 1. The molecule has 0 radical (unpaired) electrons. The number of likely N-dealkylation sites (tertiary alicyclic amines) is 1. The maximum absolute atomic E-state index is 13.2. The topological polar surface area (TPSA) is 83.4 Å². The number of amides is 1. The van der Waals surface area contributed by atoms with Crippen molar-refractivity contribution in [3.8, 4) is 0 Å². The van der Waals surface area contributed by atoms with Crippen molar-refractivity contribution in [2.45, 2.75) is 38.8 Å². The zero-order valence-electron chi connectivity index (χ0n) is 19.5. The number of hydrogen-bond donors (Lipinski definition) is 1. The fourth-order valence-corrected chi connectivity index (χ4v) is 5.07. The number of aryl methyl sites for hydroxylation is 1. The van der Waals surface area contributed by atoms with Crippen LogP contribution in [0.25, 0.3) is 10.9 Å². The molecule has 2 aliphatic rings. The monoisotopic (exact) mass is 446 g/mol. The Balaban J connectivity index is 1.36. The Labute approximate surface area is 193 Å². The zero-order chi connectivity index (χ0) is 23.1. The lowest BCUT2D eigenvalue weighted by Crippen LogP contribution is -2.35. The van der Waals surface area contributed by atoms with Gasteiger partial charge in [-0.25, -0.2) is 9.97 Å². The number of pyridine rings is 1. The SMILES string of the molecule is CNc1nc(C2CCN(C(=O)Cn3c(=O)cc(C)c4ccccc43)C2)nc2c1CCN(C)C2. The number of nitrogens with one attached hydrogen (secondary N) is 1. The first kappa shape index (κ1) is 21.6. The van der Waals surface area contributed by atoms with Crippen LogP contribution in [-0.4, -0.2) is 64.0 Å². The molecule has 1 atom stereocenters. The number of rotatable bonds is 4. The van der Waals surface area contributed by atoms with E-state index >= 15 is 0 Å². The number of nitrogens with zero attached hydrogens (tertiary/aromatic N) is 5. The first-order valence-electron chi connectivity index (χ1n) is 11.6. The van der Waals surface area contributed by atoms with Gasteiger partial charge in [0.25, 0.3) is 5.56 Å². The number of carbonyl (C=O) groups is 1. The summed E-state index contributed by atoms with van der Waals surface area (Å²) in [6.07, 6.45) is 1.77. The molecule has 8 nitrogen and oxygen atoms in total. The van der Waals surface area contributed by atoms with Crippen LogP contribution in [0.15, 0.2) is 35.1 Å². The van der Waals surface area contributed by atoms with Gasteiger partial charge in [-0.1, -0.05) is 18.2 Å². The second kappa shape index (κ2) is 8.59. The van der Waals surface area contributed by atoms with Crippen LogP contribution in [0, 0.1) is 6.92 Å². The Bertz CT molecular complexity index is 1280. The van der Waals surface area contributed by atoms with E-state index in [1.165, 1.54) is 5.56 Å². The van der Waals surface area contributed by atoms with E-state index in [0.29, 0.717) is 13.1 Å². The van der Waals surface area contributed by atoms with E-state index in [0.717, 1.165) is 59.7 Å². The van der Waals surface area contributed by atoms with Crippen molar-refractivity contribution in [2.24, 2.45) is 0 Å². The van der Waals surface area contributed by atoms with Crippen LogP contribution in [0.3, 0.4) is 0 Å². The molecule has 5 rings (SSSR count). The molecule has 4 heterocycles. The highest BCUT2D eigenvalue weighted by atomic mass is 16.2. The van der Waals surface area contributed by atoms with Crippen molar-refractivity contribution in [3.05, 3.63) is 63.3 Å². The van der Waals surface area contributed by atoms with E-state index in [4.69, 9.17) is 9.97 Å². The molecule has 2 aromatic heterocycles. The molecule has 1 aromatic carbocycles. The summed E-state index contributed by atoms with van der Waals surface area (Å²) in [6.45, 7) is 5.02. The lowest BCUT2D eigenvalue weighted by atomic mass is 10.0. The van der Waals surface area contributed by atoms with Gasteiger partial charge in [0.05, 0.1) is 11.2 Å². The molecule has 0 aliphatic carbocycles. The lowest BCUT2D eigenvalue weighted by Gasteiger charge is -2.26. The molecule has 3 aromatic rings. The Morgan fingerprint density at radius 3 is 2.85 bits per heavy atom. The van der Waals surface area contributed by atoms with Gasteiger partial charge in [-0.2, -0.15) is 0 Å². The summed E-state index contributed by atoms with van der Waals surface area (Å²) in [6, 6.07) is 9.35. The summed E-state index contributed by atoms with van der Waals surface area (Å²) < 4.78 is 1.59. The minimum Gasteiger partial charge on any atom is -0.373 e. The van der Waals surface area contributed by atoms with Gasteiger partial charge in [-0.05, 0) is 38.4 Å². The number of fused-ring (bicyclic) bond motifs is 2. The maximum atomic E-state index is 13.2. The van der Waals surface area contributed by atoms with Crippen molar-refractivity contribution >= 4 is 22.6 Å². The van der Waals surface area contributed by atoms with Crippen molar-refractivity contribution in [1.82, 2.24) is 24.3 Å². The Morgan fingerprint density at radius 2 is 2.03 bits per heavy atom. The predicted octanol–water partition coefficient (Wildman–Crippen LogP) is 2.15. The maximum Gasteiger partial charge on any atom is 0.251 e. The molecule has 1 saturated heterocycles. The number of anilines is 1. The molecule has 33 heavy (non-hydrogen) atoms. The molecule has 1 fully saturated rings. The average molecular weight is 447 g/mol. The van der Waals surface area contributed by atoms with Crippen LogP contribution in [0.5, 0.6) is 0 Å². The summed E-state index contributed by atoms with van der Waals surface area (Å²) in [4.78, 5) is 39.7. The quantitative estimate of drug-likeness (QED) is 0.661. The van der Waals surface area contributed by atoms with Crippen LogP contribution in [-0.2, 0) is 24.3 Å². The van der Waals surface area contributed by atoms with Gasteiger partial charge < -0.3 is 15.1 Å². The van der Waals surface area contributed by atoms with Crippen LogP contribution >= 0.6 is 0 Å². The van der Waals surface area contributed by atoms with E-state index in [2.05, 4.69) is 17.3 Å². The van der Waals surface area contributed by atoms with Gasteiger partial charge in [0.2, 0.25) is 5.91 Å². The first-order valence-corrected chi connectivity index (χ1v) is 11.6. The normalized spacial score (nSPS) is 18.5. The van der Waals surface area contributed by atoms with Crippen LogP contribution in [0.1, 0.15) is 35.0 Å². The van der Waals surface area contributed by atoms with Gasteiger partial charge in [0.1, 0.15) is 18.2 Å². The fraction of sp³-hybridized carbons (Fsp3) is 0.440. The Morgan fingerprint density at radius 1 is 1.21 bits per heavy atom. The summed E-state index contributed by atoms with van der Waals surface area (Å²) in [7, 11) is 4.01. The molecule has 1 N–H and O–H groups in total. The van der Waals surface area contributed by atoms with Gasteiger partial charge in [-0.15, -0.1) is 0 Å². The van der Waals surface area contributed by atoms with E-state index in [-0.39, 0.29) is 23.9 Å². The van der Waals surface area contributed by atoms with E-state index in [1.807, 2.05) is 43.1 Å². The minimum atomic E-state index is -0.143. The molecule has 0 saturated carbocycles. The fourth-order valence-electron chi connectivity index (χ4n) is 5.07. The third-order valence-electron chi connectivity index (χ3n) is 6.94. The van der Waals surface area contributed by atoms with Crippen LogP contribution in [0.4, 0.5) is 5.82 Å². The van der Waals surface area contributed by atoms with Gasteiger partial charge in [0, 0.05) is 56.2 Å². The number of carbonyl (C=O) groups excluding carboxylic acids is 1. The first-order chi connectivity index (χ1) is 15.9. The number of aromatic nitrogens is 3. The molecule has 172 valence electrons. The summed E-state index contributed by atoms with van der Waals surface area (Å²) in [5, 5.41) is 4.24. The Hall–Kier alpha value is -3.26. The van der Waals surface area contributed by atoms with Crippen molar-refractivity contribution in [2.75, 3.05) is 39.0 Å². The summed E-state index contributed by atoms with van der Waals surface area (Å²) in [5.74, 6) is 1.78. The lowest BCUT2D eigenvalue weighted by molar-refractivity contribution is -0.130. The molecule has 1 amide bonds. The van der Waals surface area contributed by atoms with E-state index in [9.17, 15) is 9.59 Å². The van der Waals surface area contributed by atoms with E-state index in [1.54, 1.807) is 10.6 Å². The van der Waals surface area contributed by atoms with Crippen molar-refractivity contribution < 1.29 is 4.79 Å². The zero-order valence-corrected chi connectivity index (χ0v) is 19.5. The highest BCUT2D eigenvalue weighted by Crippen LogP contribution is 2.30. The average Bonchev–Trinajstić information content (AvgIpc) is 3.31. The van der Waals surface area contributed by atoms with Crippen LogP contribution < -0.4 is 10.9 Å². The molecule has 2 aliphatic heterocycles. The summed E-state index contributed by atoms with van der Waals surface area (Å²) >= 11 is 0. The molecule has 1 unspecified atom stereocenters. The second-order valence-electron chi connectivity index (χ2n) is 9.19. The predicted molar refractivity (Wildman–Crippen MR) is 128 cm³/mol. The van der Waals surface area contributed by atoms with Crippen molar-refractivity contribution in [3.63, 3.8) is 0 Å². The minimum absolute atomic E-state index is 0.0415. The standard InChI is InChI=1S/C25H30N6O2/c1-16-12-22(32)31(21-7-5-4-6-18(16)21)15-23(33)30-11-8-17(13-30)24-27-20-14-29(3)10-9-19(20)25(26-2)28-24/h4-7,12,17H,8-11,13-15H2,1-3H3,(H,26,27,28). The van der Waals surface area contributed by atoms with E-state index < -0.39 is 0 Å².